The fraction of sp³-hybridized carbons (Fsp3) is 0.844. The molecule has 3 unspecified atom stereocenters. The second-order valence-electron chi connectivity index (χ2n) is 10.7. The Kier molecular flexibility index (Phi) is 27.0. The van der Waals surface area contributed by atoms with Crippen molar-refractivity contribution in [3.63, 3.8) is 0 Å². The number of carbonyl (C=O) groups is 1. The number of nitrogens with one attached hydrogen (secondary N) is 1. The fourth-order valence-electron chi connectivity index (χ4n) is 4.51. The van der Waals surface area contributed by atoms with Crippen molar-refractivity contribution in [1.29, 1.82) is 0 Å². The third-order valence-electron chi connectivity index (χ3n) is 6.98. The van der Waals surface area contributed by atoms with Crippen molar-refractivity contribution in [1.82, 2.24) is 5.32 Å². The Balaban J connectivity index is 3.82. The predicted molar refractivity (Wildman–Crippen MR) is 158 cm³/mol. The Morgan fingerprint density at radius 1 is 0.676 bits per heavy atom. The van der Waals surface area contributed by atoms with Crippen molar-refractivity contribution in [2.75, 3.05) is 6.61 Å². The second kappa shape index (κ2) is 27.9. The molecule has 0 aromatic carbocycles. The van der Waals surface area contributed by atoms with Crippen LogP contribution in [0.1, 0.15) is 149 Å². The molecular weight excluding hydrogens is 462 g/mol. The van der Waals surface area contributed by atoms with Crippen LogP contribution in [0.4, 0.5) is 0 Å². The molecule has 4 N–H and O–H groups in total. The maximum Gasteiger partial charge on any atom is 0.223 e. The molecule has 0 aromatic heterocycles. The summed E-state index contributed by atoms with van der Waals surface area (Å²) in [7, 11) is 0. The number of amides is 1. The van der Waals surface area contributed by atoms with Gasteiger partial charge in [-0.2, -0.15) is 0 Å². The summed E-state index contributed by atoms with van der Waals surface area (Å²) in [6.07, 6.45) is 30.3. The van der Waals surface area contributed by atoms with Gasteiger partial charge in [0.25, 0.3) is 0 Å². The Labute approximate surface area is 229 Å². The highest BCUT2D eigenvalue weighted by Crippen LogP contribution is 2.13. The monoisotopic (exact) mass is 523 g/mol. The third kappa shape index (κ3) is 24.9. The van der Waals surface area contributed by atoms with Gasteiger partial charge in [0.2, 0.25) is 5.91 Å². The molecule has 0 rings (SSSR count). The van der Waals surface area contributed by atoms with Crippen LogP contribution in [0.5, 0.6) is 0 Å². The van der Waals surface area contributed by atoms with Crippen molar-refractivity contribution < 1.29 is 20.1 Å². The average Bonchev–Trinajstić information content (AvgIpc) is 2.88. The van der Waals surface area contributed by atoms with Gasteiger partial charge in [-0.15, -0.1) is 0 Å². The maximum absolute atomic E-state index is 12.2. The molecule has 5 nitrogen and oxygen atoms in total. The molecule has 0 saturated heterocycles. The largest absolute Gasteiger partial charge is 0.394 e. The van der Waals surface area contributed by atoms with E-state index < -0.39 is 18.2 Å². The van der Waals surface area contributed by atoms with Gasteiger partial charge in [0.05, 0.1) is 31.3 Å². The van der Waals surface area contributed by atoms with Crippen molar-refractivity contribution in [3.8, 4) is 0 Å². The van der Waals surface area contributed by atoms with Gasteiger partial charge in [-0.3, -0.25) is 4.79 Å². The molecule has 0 aliphatic rings. The van der Waals surface area contributed by atoms with E-state index in [1.54, 1.807) is 6.08 Å². The molecule has 218 valence electrons. The second-order valence-corrected chi connectivity index (χ2v) is 10.7. The molecule has 0 fully saturated rings. The molecule has 0 aromatic rings. The lowest BCUT2D eigenvalue weighted by molar-refractivity contribution is -0.124. The van der Waals surface area contributed by atoms with E-state index >= 15 is 0 Å². The van der Waals surface area contributed by atoms with E-state index in [9.17, 15) is 20.1 Å². The summed E-state index contributed by atoms with van der Waals surface area (Å²) in [5.41, 5.74) is 0. The van der Waals surface area contributed by atoms with Gasteiger partial charge in [0, 0.05) is 0 Å². The first-order valence-electron chi connectivity index (χ1n) is 15.6. The van der Waals surface area contributed by atoms with E-state index in [1.807, 2.05) is 12.2 Å². The standard InChI is InChI=1S/C32H61NO4/c1-3-5-7-9-11-12-13-14-15-16-17-18-20-22-24-26-31(36)30(28-34)33-32(37)27-29(35)25-23-21-19-10-8-6-4-2/h21,23-24,26,29-31,34-36H,3-20,22,25,27-28H2,1-2H3,(H,33,37)/b23-21-,26-24+. The van der Waals surface area contributed by atoms with Crippen LogP contribution < -0.4 is 5.32 Å². The topological polar surface area (TPSA) is 89.8 Å². The highest BCUT2D eigenvalue weighted by Gasteiger charge is 2.19. The average molecular weight is 524 g/mol. The highest BCUT2D eigenvalue weighted by atomic mass is 16.3. The number of hydrogen-bond acceptors (Lipinski definition) is 4. The van der Waals surface area contributed by atoms with Crippen LogP contribution in [-0.4, -0.2) is 46.1 Å². The van der Waals surface area contributed by atoms with Gasteiger partial charge in [-0.05, 0) is 32.1 Å². The van der Waals surface area contributed by atoms with Gasteiger partial charge in [0.1, 0.15) is 0 Å². The molecule has 1 amide bonds. The zero-order valence-corrected chi connectivity index (χ0v) is 24.3. The predicted octanol–water partition coefficient (Wildman–Crippen LogP) is 7.53. The Morgan fingerprint density at radius 3 is 1.65 bits per heavy atom. The van der Waals surface area contributed by atoms with E-state index in [0.717, 1.165) is 25.7 Å². The van der Waals surface area contributed by atoms with E-state index in [1.165, 1.54) is 96.3 Å². The minimum Gasteiger partial charge on any atom is -0.394 e. The van der Waals surface area contributed by atoms with Crippen LogP contribution >= 0.6 is 0 Å². The van der Waals surface area contributed by atoms with Crippen molar-refractivity contribution >= 4 is 5.91 Å². The normalized spacial score (nSPS) is 14.4. The smallest absolute Gasteiger partial charge is 0.223 e. The van der Waals surface area contributed by atoms with E-state index in [4.69, 9.17) is 0 Å². The SMILES string of the molecule is CCCCCC/C=C\CC(O)CC(=O)NC(CO)C(O)/C=C/CCCCCCCCCCCCCCC. The number of rotatable bonds is 27. The molecule has 0 aliphatic heterocycles. The summed E-state index contributed by atoms with van der Waals surface area (Å²) in [5, 5.41) is 32.6. The fourth-order valence-corrected chi connectivity index (χ4v) is 4.51. The van der Waals surface area contributed by atoms with Gasteiger partial charge >= 0.3 is 0 Å². The summed E-state index contributed by atoms with van der Waals surface area (Å²) in [5.74, 6) is -0.355. The summed E-state index contributed by atoms with van der Waals surface area (Å²) in [6, 6.07) is -0.753. The third-order valence-corrected chi connectivity index (χ3v) is 6.98. The molecule has 3 atom stereocenters. The molecule has 37 heavy (non-hydrogen) atoms. The molecule has 0 spiro atoms. The Hall–Kier alpha value is -1.17. The first-order chi connectivity index (χ1) is 18.0. The lowest BCUT2D eigenvalue weighted by Crippen LogP contribution is -2.45. The van der Waals surface area contributed by atoms with Crippen LogP contribution in [0.25, 0.3) is 0 Å². The van der Waals surface area contributed by atoms with Crippen molar-refractivity contribution in [2.24, 2.45) is 0 Å². The zero-order chi connectivity index (χ0) is 27.4. The molecule has 0 aliphatic carbocycles. The number of unbranched alkanes of at least 4 members (excludes halogenated alkanes) is 17. The number of allylic oxidation sites excluding steroid dienone is 2. The lowest BCUT2D eigenvalue weighted by Gasteiger charge is -2.20. The minimum atomic E-state index is -0.934. The molecule has 5 heteroatoms. The Morgan fingerprint density at radius 2 is 1.14 bits per heavy atom. The maximum atomic E-state index is 12.2. The molecule has 0 saturated carbocycles. The first kappa shape index (κ1) is 35.8. The number of aliphatic hydroxyl groups excluding tert-OH is 3. The van der Waals surface area contributed by atoms with Gasteiger partial charge in [0.15, 0.2) is 0 Å². The van der Waals surface area contributed by atoms with Crippen LogP contribution in [0.2, 0.25) is 0 Å². The summed E-state index contributed by atoms with van der Waals surface area (Å²) in [6.45, 7) is 4.11. The summed E-state index contributed by atoms with van der Waals surface area (Å²) in [4.78, 5) is 12.2. The Bertz CT molecular complexity index is 549. The van der Waals surface area contributed by atoms with Crippen molar-refractivity contribution in [3.05, 3.63) is 24.3 Å². The van der Waals surface area contributed by atoms with E-state index in [0.29, 0.717) is 6.42 Å². The zero-order valence-electron chi connectivity index (χ0n) is 24.3. The molecule has 0 heterocycles. The van der Waals surface area contributed by atoms with Crippen LogP contribution in [0.3, 0.4) is 0 Å². The van der Waals surface area contributed by atoms with E-state index in [2.05, 4.69) is 25.2 Å². The van der Waals surface area contributed by atoms with Gasteiger partial charge < -0.3 is 20.6 Å². The molecule has 0 bridgehead atoms. The lowest BCUT2D eigenvalue weighted by atomic mass is 10.0. The molecule has 0 radical (unpaired) electrons. The van der Waals surface area contributed by atoms with Crippen LogP contribution in [0.15, 0.2) is 24.3 Å². The van der Waals surface area contributed by atoms with Crippen molar-refractivity contribution in [2.45, 2.75) is 167 Å². The molecular formula is C32H61NO4. The number of carbonyl (C=O) groups excluding carboxylic acids is 1. The summed E-state index contributed by atoms with van der Waals surface area (Å²) < 4.78 is 0. The quantitative estimate of drug-likeness (QED) is 0.0661. The van der Waals surface area contributed by atoms with Crippen LogP contribution in [-0.2, 0) is 4.79 Å². The summed E-state index contributed by atoms with van der Waals surface area (Å²) >= 11 is 0. The number of aliphatic hydroxyl groups is 3. The number of hydrogen-bond donors (Lipinski definition) is 4. The van der Waals surface area contributed by atoms with E-state index in [-0.39, 0.29) is 18.9 Å². The first-order valence-corrected chi connectivity index (χ1v) is 15.6. The minimum absolute atomic E-state index is 0.0356. The highest BCUT2D eigenvalue weighted by molar-refractivity contribution is 5.76. The van der Waals surface area contributed by atoms with Crippen LogP contribution in [0, 0.1) is 0 Å². The van der Waals surface area contributed by atoms with Gasteiger partial charge in [-0.1, -0.05) is 134 Å². The van der Waals surface area contributed by atoms with Gasteiger partial charge in [-0.25, -0.2) is 0 Å².